The summed E-state index contributed by atoms with van der Waals surface area (Å²) < 4.78 is 63.1. The summed E-state index contributed by atoms with van der Waals surface area (Å²) in [6.07, 6.45) is -4.31. The fraction of sp³-hybridized carbons (Fsp3) is 0.588. The SMILES string of the molecule is CCNC(=NCC1CCN(c2ccc(F)c(F)c2)C1)NCCC(F)(F)F. The fourth-order valence-corrected chi connectivity index (χ4v) is 2.78. The molecule has 26 heavy (non-hydrogen) atoms. The van der Waals surface area contributed by atoms with Gasteiger partial charge in [0.15, 0.2) is 17.6 Å². The van der Waals surface area contributed by atoms with Gasteiger partial charge in [0.2, 0.25) is 0 Å². The first-order valence-corrected chi connectivity index (χ1v) is 8.57. The van der Waals surface area contributed by atoms with E-state index < -0.39 is 24.2 Å². The van der Waals surface area contributed by atoms with Gasteiger partial charge in [-0.15, -0.1) is 0 Å². The Balaban J connectivity index is 1.86. The van der Waals surface area contributed by atoms with Gasteiger partial charge < -0.3 is 15.5 Å². The zero-order valence-corrected chi connectivity index (χ0v) is 14.5. The first-order chi connectivity index (χ1) is 12.3. The van der Waals surface area contributed by atoms with E-state index in [1.165, 1.54) is 12.1 Å². The van der Waals surface area contributed by atoms with E-state index in [1.807, 2.05) is 11.8 Å². The number of hydrogen-bond donors (Lipinski definition) is 2. The molecule has 2 rings (SSSR count). The van der Waals surface area contributed by atoms with Crippen molar-refractivity contribution in [3.05, 3.63) is 29.8 Å². The topological polar surface area (TPSA) is 39.7 Å². The Bertz CT molecular complexity index is 618. The van der Waals surface area contributed by atoms with Gasteiger partial charge in [0.05, 0.1) is 6.42 Å². The summed E-state index contributed by atoms with van der Waals surface area (Å²) in [6.45, 7) is 3.92. The van der Waals surface area contributed by atoms with Crippen molar-refractivity contribution in [2.75, 3.05) is 37.6 Å². The number of anilines is 1. The Kier molecular flexibility index (Phi) is 7.05. The number of guanidine groups is 1. The summed E-state index contributed by atoms with van der Waals surface area (Å²) in [5.41, 5.74) is 0.616. The smallest absolute Gasteiger partial charge is 0.371 e. The zero-order valence-electron chi connectivity index (χ0n) is 14.5. The maximum absolute atomic E-state index is 13.4. The van der Waals surface area contributed by atoms with E-state index in [0.717, 1.165) is 12.5 Å². The molecule has 1 aromatic carbocycles. The van der Waals surface area contributed by atoms with Crippen LogP contribution in [-0.4, -0.2) is 44.9 Å². The number of halogens is 5. The summed E-state index contributed by atoms with van der Waals surface area (Å²) in [5, 5.41) is 5.59. The molecule has 2 N–H and O–H groups in total. The van der Waals surface area contributed by atoms with E-state index in [2.05, 4.69) is 15.6 Å². The first kappa shape index (κ1) is 20.3. The van der Waals surface area contributed by atoms with E-state index in [4.69, 9.17) is 0 Å². The van der Waals surface area contributed by atoms with Crippen LogP contribution < -0.4 is 15.5 Å². The Morgan fingerprint density at radius 3 is 2.65 bits per heavy atom. The van der Waals surface area contributed by atoms with Gasteiger partial charge in [-0.1, -0.05) is 0 Å². The van der Waals surface area contributed by atoms with E-state index in [0.29, 0.717) is 37.8 Å². The number of aliphatic imine (C=N–C) groups is 1. The monoisotopic (exact) mass is 378 g/mol. The molecule has 1 unspecified atom stereocenters. The highest BCUT2D eigenvalue weighted by atomic mass is 19.4. The molecule has 0 aliphatic carbocycles. The average Bonchev–Trinajstić information content (AvgIpc) is 3.03. The summed E-state index contributed by atoms with van der Waals surface area (Å²) in [7, 11) is 0. The van der Waals surface area contributed by atoms with Crippen molar-refractivity contribution in [1.29, 1.82) is 0 Å². The number of alkyl halides is 3. The Hall–Kier alpha value is -2.06. The molecular formula is C17H23F5N4. The van der Waals surface area contributed by atoms with E-state index in [9.17, 15) is 22.0 Å². The van der Waals surface area contributed by atoms with Crippen molar-refractivity contribution in [2.45, 2.75) is 25.9 Å². The summed E-state index contributed by atoms with van der Waals surface area (Å²) in [4.78, 5) is 6.29. The predicted octanol–water partition coefficient (Wildman–Crippen LogP) is 3.30. The molecule has 0 saturated carbocycles. The molecular weight excluding hydrogens is 355 g/mol. The van der Waals surface area contributed by atoms with Crippen LogP contribution in [0.4, 0.5) is 27.6 Å². The van der Waals surface area contributed by atoms with Crippen LogP contribution in [0.1, 0.15) is 19.8 Å². The molecule has 9 heteroatoms. The minimum atomic E-state index is -4.21. The third-order valence-corrected chi connectivity index (χ3v) is 4.11. The van der Waals surface area contributed by atoms with E-state index >= 15 is 0 Å². The zero-order chi connectivity index (χ0) is 19.2. The summed E-state index contributed by atoms with van der Waals surface area (Å²) in [5.74, 6) is -1.22. The van der Waals surface area contributed by atoms with Gasteiger partial charge in [0, 0.05) is 44.5 Å². The van der Waals surface area contributed by atoms with Crippen LogP contribution in [0.5, 0.6) is 0 Å². The van der Waals surface area contributed by atoms with Gasteiger partial charge in [-0.05, 0) is 31.4 Å². The molecule has 1 saturated heterocycles. The van der Waals surface area contributed by atoms with Gasteiger partial charge in [-0.3, -0.25) is 4.99 Å². The molecule has 0 bridgehead atoms. The predicted molar refractivity (Wildman–Crippen MR) is 91.3 cm³/mol. The van der Waals surface area contributed by atoms with Crippen molar-refractivity contribution in [2.24, 2.45) is 10.9 Å². The van der Waals surface area contributed by atoms with Gasteiger partial charge in [0.1, 0.15) is 0 Å². The quantitative estimate of drug-likeness (QED) is 0.453. The lowest BCUT2D eigenvalue weighted by Crippen LogP contribution is -2.39. The Morgan fingerprint density at radius 1 is 1.23 bits per heavy atom. The molecule has 1 heterocycles. The van der Waals surface area contributed by atoms with Crippen LogP contribution in [-0.2, 0) is 0 Å². The number of rotatable bonds is 6. The first-order valence-electron chi connectivity index (χ1n) is 8.57. The van der Waals surface area contributed by atoms with Crippen molar-refractivity contribution < 1.29 is 22.0 Å². The lowest BCUT2D eigenvalue weighted by Gasteiger charge is -2.18. The van der Waals surface area contributed by atoms with Crippen LogP contribution in [0.3, 0.4) is 0 Å². The lowest BCUT2D eigenvalue weighted by molar-refractivity contribution is -0.132. The maximum Gasteiger partial charge on any atom is 0.390 e. The van der Waals surface area contributed by atoms with Crippen LogP contribution in [0.2, 0.25) is 0 Å². The molecule has 0 radical (unpaired) electrons. The normalized spacial score (nSPS) is 18.3. The minimum Gasteiger partial charge on any atom is -0.371 e. The molecule has 1 aliphatic rings. The number of hydrogen-bond acceptors (Lipinski definition) is 2. The maximum atomic E-state index is 13.4. The number of benzene rings is 1. The highest BCUT2D eigenvalue weighted by Crippen LogP contribution is 2.25. The molecule has 1 fully saturated rings. The highest BCUT2D eigenvalue weighted by Gasteiger charge is 2.26. The average molecular weight is 378 g/mol. The Morgan fingerprint density at radius 2 is 2.00 bits per heavy atom. The van der Waals surface area contributed by atoms with Crippen LogP contribution in [0.15, 0.2) is 23.2 Å². The number of nitrogens with zero attached hydrogens (tertiary/aromatic N) is 2. The molecule has 0 amide bonds. The number of nitrogens with one attached hydrogen (secondary N) is 2. The Labute approximate surface area is 149 Å². The molecule has 4 nitrogen and oxygen atoms in total. The third-order valence-electron chi connectivity index (χ3n) is 4.11. The molecule has 1 aliphatic heterocycles. The molecule has 1 aromatic rings. The van der Waals surface area contributed by atoms with E-state index in [1.54, 1.807) is 0 Å². The molecule has 0 aromatic heterocycles. The van der Waals surface area contributed by atoms with Gasteiger partial charge in [-0.2, -0.15) is 13.2 Å². The summed E-state index contributed by atoms with van der Waals surface area (Å²) in [6, 6.07) is 3.81. The second-order valence-corrected chi connectivity index (χ2v) is 6.21. The van der Waals surface area contributed by atoms with Crippen molar-refractivity contribution in [1.82, 2.24) is 10.6 Å². The molecule has 146 valence electrons. The minimum absolute atomic E-state index is 0.196. The van der Waals surface area contributed by atoms with Crippen molar-refractivity contribution in [3.8, 4) is 0 Å². The second-order valence-electron chi connectivity index (χ2n) is 6.21. The molecule has 1 atom stereocenters. The van der Waals surface area contributed by atoms with Crippen LogP contribution in [0, 0.1) is 17.6 Å². The van der Waals surface area contributed by atoms with E-state index in [-0.39, 0.29) is 12.5 Å². The largest absolute Gasteiger partial charge is 0.390 e. The standard InChI is InChI=1S/C17H23F5N4/c1-2-23-16(24-7-6-17(20,21)22)25-10-12-5-8-26(11-12)13-3-4-14(18)15(19)9-13/h3-4,9,12H,2,5-8,10-11H2,1H3,(H2,23,24,25). The third kappa shape index (κ3) is 6.34. The van der Waals surface area contributed by atoms with Gasteiger partial charge in [0.25, 0.3) is 0 Å². The summed E-state index contributed by atoms with van der Waals surface area (Å²) >= 11 is 0. The van der Waals surface area contributed by atoms with Gasteiger partial charge in [-0.25, -0.2) is 8.78 Å². The second kappa shape index (κ2) is 9.05. The molecule has 0 spiro atoms. The van der Waals surface area contributed by atoms with Crippen LogP contribution >= 0.6 is 0 Å². The highest BCUT2D eigenvalue weighted by molar-refractivity contribution is 5.79. The fourth-order valence-electron chi connectivity index (χ4n) is 2.78. The van der Waals surface area contributed by atoms with Gasteiger partial charge >= 0.3 is 6.18 Å². The van der Waals surface area contributed by atoms with Crippen molar-refractivity contribution in [3.63, 3.8) is 0 Å². The lowest BCUT2D eigenvalue weighted by atomic mass is 10.1. The van der Waals surface area contributed by atoms with Crippen molar-refractivity contribution >= 4 is 11.6 Å². The van der Waals surface area contributed by atoms with Crippen LogP contribution in [0.25, 0.3) is 0 Å².